The molecule has 0 aliphatic carbocycles. The number of hydrogen-bond donors (Lipinski definition) is 0. The molecule has 0 rings (SSSR count). The van der Waals surface area contributed by atoms with E-state index in [1.165, 1.54) is 0 Å². The molecule has 0 bridgehead atoms. The number of alkyl halides is 1. The normalized spacial score (nSPS) is 7.60. The van der Waals surface area contributed by atoms with Gasteiger partial charge < -0.3 is 0 Å². The molecule has 0 radical (unpaired) electrons. The third kappa shape index (κ3) is 7.85. The zero-order valence-corrected chi connectivity index (χ0v) is 8.15. The molecule has 0 aliphatic heterocycles. The molecule has 0 atom stereocenters. The second-order valence-electron chi connectivity index (χ2n) is 1.85. The van der Waals surface area contributed by atoms with Crippen LogP contribution in [0.15, 0.2) is 0 Å². The second kappa shape index (κ2) is 8.85. The highest BCUT2D eigenvalue weighted by atomic mass is 127. The van der Waals surface area contributed by atoms with Crippen LogP contribution in [0.5, 0.6) is 0 Å². The van der Waals surface area contributed by atoms with Crippen molar-refractivity contribution in [1.82, 2.24) is 0 Å². The van der Waals surface area contributed by atoms with Crippen molar-refractivity contribution in [1.29, 1.82) is 0 Å². The molecule has 0 saturated heterocycles. The summed E-state index contributed by atoms with van der Waals surface area (Å²) in [6, 6.07) is 0. The molecule has 0 amide bonds. The van der Waals surface area contributed by atoms with Crippen molar-refractivity contribution in [2.24, 2.45) is 0 Å². The minimum atomic E-state index is 0.860. The van der Waals surface area contributed by atoms with E-state index in [0.29, 0.717) is 0 Å². The quantitative estimate of drug-likeness (QED) is 0.311. The van der Waals surface area contributed by atoms with Gasteiger partial charge in [-0.05, 0) is 6.42 Å². The topological polar surface area (TPSA) is 0 Å². The molecule has 0 saturated carbocycles. The van der Waals surface area contributed by atoms with Gasteiger partial charge in [-0.15, -0.1) is 24.2 Å². The predicted octanol–water partition coefficient (Wildman–Crippen LogP) is 2.62. The molecule has 1 heteroatoms. The van der Waals surface area contributed by atoms with Crippen LogP contribution in [-0.2, 0) is 0 Å². The molecule has 0 aliphatic rings. The molecule has 0 heterocycles. The standard InChI is InChI=1S/C9H11I/c1-2-3-4-5-6-7-8-9-10/h1H,3-5,8-9H2. The first-order valence-electron chi connectivity index (χ1n) is 3.37. The fourth-order valence-electron chi connectivity index (χ4n) is 0.503. The molecule has 0 fully saturated rings. The number of rotatable bonds is 3. The van der Waals surface area contributed by atoms with Gasteiger partial charge in [0.05, 0.1) is 0 Å². The van der Waals surface area contributed by atoms with Crippen LogP contribution in [-0.4, -0.2) is 4.43 Å². The first-order chi connectivity index (χ1) is 4.91. The van der Waals surface area contributed by atoms with Crippen LogP contribution in [0.2, 0.25) is 0 Å². The zero-order valence-electron chi connectivity index (χ0n) is 5.99. The molecule has 0 nitrogen and oxygen atoms in total. The molecule has 0 spiro atoms. The number of unbranched alkanes of at least 4 members (excludes halogenated alkanes) is 2. The molecule has 0 N–H and O–H groups in total. The fraction of sp³-hybridized carbons (Fsp3) is 0.556. The Labute approximate surface area is 76.9 Å². The van der Waals surface area contributed by atoms with E-state index in [-0.39, 0.29) is 0 Å². The molecule has 0 aromatic carbocycles. The molecule has 0 aromatic rings. The van der Waals surface area contributed by atoms with Crippen molar-refractivity contribution in [3.63, 3.8) is 0 Å². The van der Waals surface area contributed by atoms with Gasteiger partial charge in [0, 0.05) is 23.7 Å². The molecule has 10 heavy (non-hydrogen) atoms. The maximum Gasteiger partial charge on any atom is 0.0179 e. The van der Waals surface area contributed by atoms with Gasteiger partial charge in [-0.3, -0.25) is 0 Å². The van der Waals surface area contributed by atoms with Crippen molar-refractivity contribution >= 4 is 22.6 Å². The van der Waals surface area contributed by atoms with E-state index < -0.39 is 0 Å². The van der Waals surface area contributed by atoms with Crippen molar-refractivity contribution in [3.05, 3.63) is 0 Å². The van der Waals surface area contributed by atoms with Crippen LogP contribution >= 0.6 is 22.6 Å². The van der Waals surface area contributed by atoms with E-state index >= 15 is 0 Å². The summed E-state index contributed by atoms with van der Waals surface area (Å²) in [5.41, 5.74) is 0. The van der Waals surface area contributed by atoms with Gasteiger partial charge in [0.2, 0.25) is 0 Å². The fourth-order valence-corrected chi connectivity index (χ4v) is 0.773. The number of hydrogen-bond acceptors (Lipinski definition) is 0. The van der Waals surface area contributed by atoms with Crippen molar-refractivity contribution in [2.75, 3.05) is 4.43 Å². The second-order valence-corrected chi connectivity index (χ2v) is 2.93. The molecular weight excluding hydrogens is 235 g/mol. The number of halogens is 1. The highest BCUT2D eigenvalue weighted by Gasteiger charge is 1.77. The lowest BCUT2D eigenvalue weighted by atomic mass is 10.2. The molecule has 0 aromatic heterocycles. The third-order valence-electron chi connectivity index (χ3n) is 0.967. The van der Waals surface area contributed by atoms with Crippen molar-refractivity contribution in [3.8, 4) is 24.2 Å². The zero-order chi connectivity index (χ0) is 7.66. The highest BCUT2D eigenvalue weighted by Crippen LogP contribution is 1.91. The van der Waals surface area contributed by atoms with E-state index in [4.69, 9.17) is 6.42 Å². The van der Waals surface area contributed by atoms with Crippen LogP contribution in [0.1, 0.15) is 25.7 Å². The monoisotopic (exact) mass is 246 g/mol. The summed E-state index contributed by atoms with van der Waals surface area (Å²) in [4.78, 5) is 0. The molecular formula is C9H11I. The van der Waals surface area contributed by atoms with E-state index in [9.17, 15) is 0 Å². The van der Waals surface area contributed by atoms with Crippen LogP contribution in [0.3, 0.4) is 0 Å². The Kier molecular flexibility index (Phi) is 8.72. The van der Waals surface area contributed by atoms with Crippen molar-refractivity contribution < 1.29 is 0 Å². The van der Waals surface area contributed by atoms with Gasteiger partial charge in [-0.1, -0.05) is 22.6 Å². The van der Waals surface area contributed by atoms with E-state index in [2.05, 4.69) is 40.4 Å². The van der Waals surface area contributed by atoms with E-state index in [1.54, 1.807) is 0 Å². The average Bonchev–Trinajstić information content (AvgIpc) is 1.97. The van der Waals surface area contributed by atoms with Gasteiger partial charge in [-0.2, -0.15) is 0 Å². The van der Waals surface area contributed by atoms with Gasteiger partial charge in [0.25, 0.3) is 0 Å². The third-order valence-corrected chi connectivity index (χ3v) is 1.51. The van der Waals surface area contributed by atoms with Crippen LogP contribution in [0.25, 0.3) is 0 Å². The Morgan fingerprint density at radius 2 is 1.80 bits per heavy atom. The molecule has 0 unspecified atom stereocenters. The number of terminal acetylenes is 1. The summed E-state index contributed by atoms with van der Waals surface area (Å²) >= 11 is 2.32. The lowest BCUT2D eigenvalue weighted by Crippen LogP contribution is -1.70. The Morgan fingerprint density at radius 1 is 1.10 bits per heavy atom. The summed E-state index contributed by atoms with van der Waals surface area (Å²) in [6.07, 6.45) is 8.95. The smallest absolute Gasteiger partial charge is 0.0179 e. The van der Waals surface area contributed by atoms with E-state index in [0.717, 1.165) is 30.1 Å². The predicted molar refractivity (Wildman–Crippen MR) is 54.0 cm³/mol. The van der Waals surface area contributed by atoms with E-state index in [1.807, 2.05) is 0 Å². The summed E-state index contributed by atoms with van der Waals surface area (Å²) in [5, 5.41) is 0. The van der Waals surface area contributed by atoms with Crippen LogP contribution in [0.4, 0.5) is 0 Å². The highest BCUT2D eigenvalue weighted by molar-refractivity contribution is 14.1. The Morgan fingerprint density at radius 3 is 2.40 bits per heavy atom. The SMILES string of the molecule is C#CCCCC#CCCI. The van der Waals surface area contributed by atoms with Gasteiger partial charge in [0.15, 0.2) is 0 Å². The maximum absolute atomic E-state index is 5.07. The van der Waals surface area contributed by atoms with Gasteiger partial charge in [0.1, 0.15) is 0 Å². The first-order valence-corrected chi connectivity index (χ1v) is 4.89. The van der Waals surface area contributed by atoms with Crippen LogP contribution in [0, 0.1) is 24.2 Å². The summed E-state index contributed by atoms with van der Waals surface area (Å²) in [6.45, 7) is 0. The maximum atomic E-state index is 5.07. The van der Waals surface area contributed by atoms with Crippen molar-refractivity contribution in [2.45, 2.75) is 25.7 Å². The summed E-state index contributed by atoms with van der Waals surface area (Å²) in [7, 11) is 0. The first kappa shape index (κ1) is 9.85. The lowest BCUT2D eigenvalue weighted by molar-refractivity contribution is 0.903. The Balaban J connectivity index is 3.05. The summed E-state index contributed by atoms with van der Waals surface area (Å²) in [5.74, 6) is 8.73. The minimum Gasteiger partial charge on any atom is -0.120 e. The van der Waals surface area contributed by atoms with Gasteiger partial charge in [-0.25, -0.2) is 0 Å². The summed E-state index contributed by atoms with van der Waals surface area (Å²) < 4.78 is 1.12. The minimum absolute atomic E-state index is 0.860. The Bertz CT molecular complexity index is 154. The van der Waals surface area contributed by atoms with Crippen LogP contribution < -0.4 is 0 Å². The Hall–Kier alpha value is -0.150. The van der Waals surface area contributed by atoms with Gasteiger partial charge >= 0.3 is 0 Å². The lowest BCUT2D eigenvalue weighted by Gasteiger charge is -1.82. The molecule has 54 valence electrons. The average molecular weight is 246 g/mol. The largest absolute Gasteiger partial charge is 0.120 e.